The van der Waals surface area contributed by atoms with Crippen LogP contribution in [0.4, 0.5) is 17.6 Å². The van der Waals surface area contributed by atoms with Crippen molar-refractivity contribution in [2.45, 2.75) is 6.18 Å². The Morgan fingerprint density at radius 3 is 2.33 bits per heavy atom. The lowest BCUT2D eigenvalue weighted by atomic mass is 9.98. The molecular weight excluding hydrogens is 286 g/mol. The number of aldehydes is 1. The molecule has 2 aromatic rings. The zero-order chi connectivity index (χ0) is 15.6. The molecule has 2 nitrogen and oxygen atoms in total. The molecule has 106 valence electrons. The average Bonchev–Trinajstić information content (AvgIpc) is 2.45. The summed E-state index contributed by atoms with van der Waals surface area (Å²) in [5.74, 6) is -0.805. The molecule has 0 radical (unpaired) electrons. The highest BCUT2D eigenvalue weighted by molar-refractivity contribution is 5.80. The fourth-order valence-electron chi connectivity index (χ4n) is 1.89. The molecule has 0 heterocycles. The van der Waals surface area contributed by atoms with E-state index in [4.69, 9.17) is 5.26 Å². The van der Waals surface area contributed by atoms with Gasteiger partial charge in [-0.3, -0.25) is 4.79 Å². The molecule has 0 aromatic heterocycles. The van der Waals surface area contributed by atoms with Gasteiger partial charge in [-0.2, -0.15) is 18.4 Å². The van der Waals surface area contributed by atoms with Crippen LogP contribution in [0.1, 0.15) is 21.5 Å². The number of carbonyl (C=O) groups is 1. The fourth-order valence-corrected chi connectivity index (χ4v) is 1.89. The van der Waals surface area contributed by atoms with Crippen LogP contribution in [0.5, 0.6) is 0 Å². The predicted molar refractivity (Wildman–Crippen MR) is 66.9 cm³/mol. The van der Waals surface area contributed by atoms with Gasteiger partial charge in [-0.1, -0.05) is 18.2 Å². The first kappa shape index (κ1) is 14.7. The van der Waals surface area contributed by atoms with E-state index in [1.807, 2.05) is 0 Å². The van der Waals surface area contributed by atoms with Crippen molar-refractivity contribution in [1.29, 1.82) is 5.26 Å². The standard InChI is InChI=1S/C15H7F4NO/c16-14-5-9(7-20)1-4-12(14)10-2-3-11(8-21)13(6-10)15(17,18)19/h1-6,8H. The molecule has 0 saturated carbocycles. The first-order chi connectivity index (χ1) is 9.86. The van der Waals surface area contributed by atoms with Gasteiger partial charge in [0, 0.05) is 11.1 Å². The number of rotatable bonds is 2. The lowest BCUT2D eigenvalue weighted by Crippen LogP contribution is -2.09. The third kappa shape index (κ3) is 2.92. The summed E-state index contributed by atoms with van der Waals surface area (Å²) < 4.78 is 52.4. The van der Waals surface area contributed by atoms with Crippen LogP contribution in [0.3, 0.4) is 0 Å². The highest BCUT2D eigenvalue weighted by Crippen LogP contribution is 2.35. The van der Waals surface area contributed by atoms with Crippen molar-refractivity contribution in [2.24, 2.45) is 0 Å². The molecule has 0 aliphatic carbocycles. The molecule has 2 rings (SSSR count). The highest BCUT2D eigenvalue weighted by atomic mass is 19.4. The van der Waals surface area contributed by atoms with Gasteiger partial charge in [-0.15, -0.1) is 0 Å². The summed E-state index contributed by atoms with van der Waals surface area (Å²) in [4.78, 5) is 10.7. The number of halogens is 4. The van der Waals surface area contributed by atoms with Crippen molar-refractivity contribution < 1.29 is 22.4 Å². The molecule has 0 bridgehead atoms. The zero-order valence-corrected chi connectivity index (χ0v) is 10.4. The van der Waals surface area contributed by atoms with E-state index in [1.54, 1.807) is 6.07 Å². The molecule has 0 aliphatic rings. The molecule has 0 spiro atoms. The van der Waals surface area contributed by atoms with Crippen molar-refractivity contribution in [3.63, 3.8) is 0 Å². The molecular formula is C15H7F4NO. The van der Waals surface area contributed by atoms with Gasteiger partial charge in [0.2, 0.25) is 0 Å². The molecule has 0 unspecified atom stereocenters. The van der Waals surface area contributed by atoms with Crippen molar-refractivity contribution >= 4 is 6.29 Å². The van der Waals surface area contributed by atoms with E-state index in [2.05, 4.69) is 0 Å². The summed E-state index contributed by atoms with van der Waals surface area (Å²) in [7, 11) is 0. The zero-order valence-electron chi connectivity index (χ0n) is 10.4. The molecule has 0 saturated heterocycles. The maximum atomic E-state index is 13.8. The van der Waals surface area contributed by atoms with Crippen LogP contribution in [0, 0.1) is 17.1 Å². The van der Waals surface area contributed by atoms with Crippen LogP contribution in [0.15, 0.2) is 36.4 Å². The molecule has 21 heavy (non-hydrogen) atoms. The molecule has 0 aliphatic heterocycles. The van der Waals surface area contributed by atoms with E-state index in [9.17, 15) is 22.4 Å². The summed E-state index contributed by atoms with van der Waals surface area (Å²) in [6.45, 7) is 0. The summed E-state index contributed by atoms with van der Waals surface area (Å²) in [5, 5.41) is 8.64. The monoisotopic (exact) mass is 293 g/mol. The van der Waals surface area contributed by atoms with E-state index in [0.29, 0.717) is 6.07 Å². The second-order valence-corrected chi connectivity index (χ2v) is 4.22. The molecule has 0 amide bonds. The minimum Gasteiger partial charge on any atom is -0.298 e. The van der Waals surface area contributed by atoms with Gasteiger partial charge in [0.1, 0.15) is 5.82 Å². The van der Waals surface area contributed by atoms with E-state index in [1.165, 1.54) is 18.2 Å². The van der Waals surface area contributed by atoms with Crippen LogP contribution < -0.4 is 0 Å². The SMILES string of the molecule is N#Cc1ccc(-c2ccc(C=O)c(C(F)(F)F)c2)c(F)c1. The average molecular weight is 293 g/mol. The third-order valence-electron chi connectivity index (χ3n) is 2.89. The normalized spacial score (nSPS) is 11.0. The van der Waals surface area contributed by atoms with E-state index < -0.39 is 23.1 Å². The number of nitrogens with zero attached hydrogens (tertiary/aromatic N) is 1. The van der Waals surface area contributed by atoms with Gasteiger partial charge in [0.05, 0.1) is 17.2 Å². The summed E-state index contributed by atoms with van der Waals surface area (Å²) >= 11 is 0. The summed E-state index contributed by atoms with van der Waals surface area (Å²) in [6.07, 6.45) is -4.61. The second-order valence-electron chi connectivity index (χ2n) is 4.22. The van der Waals surface area contributed by atoms with Gasteiger partial charge in [-0.25, -0.2) is 4.39 Å². The number of carbonyl (C=O) groups excluding carboxylic acids is 1. The Morgan fingerprint density at radius 1 is 1.10 bits per heavy atom. The number of hydrogen-bond donors (Lipinski definition) is 0. The van der Waals surface area contributed by atoms with Crippen molar-refractivity contribution in [2.75, 3.05) is 0 Å². The Kier molecular flexibility index (Phi) is 3.76. The Hall–Kier alpha value is -2.68. The summed E-state index contributed by atoms with van der Waals surface area (Å²) in [6, 6.07) is 8.14. The van der Waals surface area contributed by atoms with Crippen LogP contribution in [0.25, 0.3) is 11.1 Å². The highest BCUT2D eigenvalue weighted by Gasteiger charge is 2.33. The van der Waals surface area contributed by atoms with E-state index in [0.717, 1.165) is 12.1 Å². The number of alkyl halides is 3. The lowest BCUT2D eigenvalue weighted by molar-refractivity contribution is -0.137. The first-order valence-electron chi connectivity index (χ1n) is 5.73. The van der Waals surface area contributed by atoms with Gasteiger partial charge in [-0.05, 0) is 23.8 Å². The van der Waals surface area contributed by atoms with Gasteiger partial charge < -0.3 is 0 Å². The van der Waals surface area contributed by atoms with Crippen LogP contribution in [0.2, 0.25) is 0 Å². The molecule has 0 N–H and O–H groups in total. The second kappa shape index (κ2) is 5.37. The number of benzene rings is 2. The quantitative estimate of drug-likeness (QED) is 0.615. The van der Waals surface area contributed by atoms with Crippen molar-refractivity contribution in [1.82, 2.24) is 0 Å². The van der Waals surface area contributed by atoms with Crippen LogP contribution in [-0.4, -0.2) is 6.29 Å². The maximum absolute atomic E-state index is 13.8. The Labute approximate surface area is 117 Å². The summed E-state index contributed by atoms with van der Waals surface area (Å²) in [5.41, 5.74) is -1.66. The Morgan fingerprint density at radius 2 is 1.81 bits per heavy atom. The van der Waals surface area contributed by atoms with E-state index in [-0.39, 0.29) is 23.0 Å². The predicted octanol–water partition coefficient (Wildman–Crippen LogP) is 4.20. The molecule has 2 aromatic carbocycles. The topological polar surface area (TPSA) is 40.9 Å². The van der Waals surface area contributed by atoms with Gasteiger partial charge in [0.15, 0.2) is 6.29 Å². The minimum atomic E-state index is -4.71. The molecule has 6 heteroatoms. The Balaban J connectivity index is 2.61. The van der Waals surface area contributed by atoms with E-state index >= 15 is 0 Å². The largest absolute Gasteiger partial charge is 0.417 e. The van der Waals surface area contributed by atoms with Gasteiger partial charge in [0.25, 0.3) is 0 Å². The first-order valence-corrected chi connectivity index (χ1v) is 5.73. The molecule has 0 fully saturated rings. The lowest BCUT2D eigenvalue weighted by Gasteiger charge is -2.12. The fraction of sp³-hybridized carbons (Fsp3) is 0.0667. The number of nitriles is 1. The van der Waals surface area contributed by atoms with Crippen molar-refractivity contribution in [3.05, 3.63) is 58.9 Å². The minimum absolute atomic E-state index is 0.0186. The number of hydrogen-bond acceptors (Lipinski definition) is 2. The van der Waals surface area contributed by atoms with Crippen LogP contribution >= 0.6 is 0 Å². The third-order valence-corrected chi connectivity index (χ3v) is 2.89. The van der Waals surface area contributed by atoms with Crippen molar-refractivity contribution in [3.8, 4) is 17.2 Å². The molecule has 0 atom stereocenters. The Bertz CT molecular complexity index is 744. The van der Waals surface area contributed by atoms with Gasteiger partial charge >= 0.3 is 6.18 Å². The van der Waals surface area contributed by atoms with Crippen LogP contribution in [-0.2, 0) is 6.18 Å². The maximum Gasteiger partial charge on any atom is 0.417 e. The smallest absolute Gasteiger partial charge is 0.298 e.